The highest BCUT2D eigenvalue weighted by Crippen LogP contribution is 2.32. The number of carbonyl (C=O) groups is 1. The number of benzene rings is 1. The van der Waals surface area contributed by atoms with Crippen molar-refractivity contribution >= 4 is 5.91 Å². The quantitative estimate of drug-likeness (QED) is 0.851. The minimum Gasteiger partial charge on any atom is -0.494 e. The van der Waals surface area contributed by atoms with E-state index in [0.717, 1.165) is 4.90 Å². The number of nitrogens with zero attached hydrogens (tertiary/aromatic N) is 1. The second kappa shape index (κ2) is 7.38. The van der Waals surface area contributed by atoms with Gasteiger partial charge < -0.3 is 15.4 Å². The number of halogens is 4. The molecule has 1 heterocycles. The van der Waals surface area contributed by atoms with E-state index in [9.17, 15) is 22.4 Å². The lowest BCUT2D eigenvalue weighted by atomic mass is 9.97. The van der Waals surface area contributed by atoms with Crippen LogP contribution < -0.4 is 10.5 Å². The average molecular weight is 348 g/mol. The van der Waals surface area contributed by atoms with Crippen LogP contribution in [0.25, 0.3) is 0 Å². The van der Waals surface area contributed by atoms with Gasteiger partial charge in [-0.25, -0.2) is 4.39 Å². The van der Waals surface area contributed by atoms with Crippen LogP contribution in [-0.4, -0.2) is 42.7 Å². The largest absolute Gasteiger partial charge is 0.494 e. The number of piperidine rings is 1. The van der Waals surface area contributed by atoms with Crippen LogP contribution in [0.5, 0.6) is 5.75 Å². The van der Waals surface area contributed by atoms with Crippen LogP contribution in [0.15, 0.2) is 18.2 Å². The van der Waals surface area contributed by atoms with Crippen LogP contribution in [0.3, 0.4) is 0 Å². The van der Waals surface area contributed by atoms with Gasteiger partial charge in [-0.1, -0.05) is 6.07 Å². The topological polar surface area (TPSA) is 55.6 Å². The van der Waals surface area contributed by atoms with Crippen LogP contribution in [0.1, 0.15) is 24.8 Å². The second-order valence-corrected chi connectivity index (χ2v) is 5.91. The van der Waals surface area contributed by atoms with Crippen LogP contribution >= 0.6 is 0 Å². The lowest BCUT2D eigenvalue weighted by molar-refractivity contribution is -0.196. The molecule has 2 N–H and O–H groups in total. The van der Waals surface area contributed by atoms with Crippen molar-refractivity contribution in [2.75, 3.05) is 13.7 Å². The number of ether oxygens (including phenoxy) is 1. The van der Waals surface area contributed by atoms with Crippen molar-refractivity contribution in [3.8, 4) is 5.75 Å². The molecule has 134 valence electrons. The van der Waals surface area contributed by atoms with Crippen molar-refractivity contribution in [2.24, 2.45) is 5.73 Å². The summed E-state index contributed by atoms with van der Waals surface area (Å²) in [6.45, 7) is -0.111. The smallest absolute Gasteiger partial charge is 0.408 e. The maximum Gasteiger partial charge on any atom is 0.408 e. The summed E-state index contributed by atoms with van der Waals surface area (Å²) in [7, 11) is 1.33. The number of likely N-dealkylation sites (tertiary alicyclic amines) is 1. The Morgan fingerprint density at radius 2 is 2.08 bits per heavy atom. The molecule has 1 aromatic rings. The molecule has 8 heteroatoms. The molecule has 1 amide bonds. The summed E-state index contributed by atoms with van der Waals surface area (Å²) in [4.78, 5) is 13.0. The molecule has 0 aliphatic carbocycles. The van der Waals surface area contributed by atoms with Crippen molar-refractivity contribution in [3.05, 3.63) is 29.6 Å². The summed E-state index contributed by atoms with van der Waals surface area (Å²) in [6, 6.07) is 1.97. The molecule has 24 heavy (non-hydrogen) atoms. The lowest BCUT2D eigenvalue weighted by Gasteiger charge is -2.39. The van der Waals surface area contributed by atoms with Gasteiger partial charge in [-0.05, 0) is 37.0 Å². The first kappa shape index (κ1) is 18.5. The van der Waals surface area contributed by atoms with E-state index in [-0.39, 0.29) is 38.0 Å². The Morgan fingerprint density at radius 3 is 2.67 bits per heavy atom. The van der Waals surface area contributed by atoms with E-state index < -0.39 is 30.0 Å². The highest BCUT2D eigenvalue weighted by molar-refractivity contribution is 5.77. The maximum atomic E-state index is 13.6. The Kier molecular flexibility index (Phi) is 5.69. The molecule has 0 saturated carbocycles. The molecule has 2 rings (SSSR count). The summed E-state index contributed by atoms with van der Waals surface area (Å²) in [5, 5.41) is 0. The van der Waals surface area contributed by atoms with E-state index in [1.165, 1.54) is 19.2 Å². The molecule has 2 atom stereocenters. The van der Waals surface area contributed by atoms with Gasteiger partial charge in [0.1, 0.15) is 6.04 Å². The van der Waals surface area contributed by atoms with Crippen LogP contribution in [0.2, 0.25) is 0 Å². The van der Waals surface area contributed by atoms with E-state index in [4.69, 9.17) is 10.5 Å². The van der Waals surface area contributed by atoms with Crippen molar-refractivity contribution < 1.29 is 27.1 Å². The van der Waals surface area contributed by atoms with E-state index in [0.29, 0.717) is 5.56 Å². The Bertz CT molecular complexity index is 592. The standard InChI is InChI=1S/C16H20F4N2O2/c1-24-13-5-2-10(8-12(13)17)3-7-15(23)22-9-11(21)4-6-14(22)16(18,19)20/h2,5,8,11,14H,3-4,6-7,9,21H2,1H3/t11-,14-/m1/s1. The highest BCUT2D eigenvalue weighted by atomic mass is 19.4. The molecule has 0 unspecified atom stereocenters. The zero-order valence-corrected chi connectivity index (χ0v) is 13.3. The fourth-order valence-corrected chi connectivity index (χ4v) is 2.88. The first-order valence-electron chi connectivity index (χ1n) is 7.66. The molecular weight excluding hydrogens is 328 g/mol. The molecule has 1 aromatic carbocycles. The predicted molar refractivity (Wildman–Crippen MR) is 80.0 cm³/mol. The SMILES string of the molecule is COc1ccc(CCC(=O)N2C[C@H](N)CC[C@@H]2C(F)(F)F)cc1F. The molecule has 0 radical (unpaired) electrons. The highest BCUT2D eigenvalue weighted by Gasteiger charge is 2.47. The first-order valence-corrected chi connectivity index (χ1v) is 7.66. The van der Waals surface area contributed by atoms with Crippen molar-refractivity contribution in [1.82, 2.24) is 4.90 Å². The fraction of sp³-hybridized carbons (Fsp3) is 0.562. The van der Waals surface area contributed by atoms with E-state index >= 15 is 0 Å². The van der Waals surface area contributed by atoms with Gasteiger partial charge in [0.2, 0.25) is 5.91 Å². The van der Waals surface area contributed by atoms with E-state index in [1.807, 2.05) is 0 Å². The Morgan fingerprint density at radius 1 is 1.38 bits per heavy atom. The van der Waals surface area contributed by atoms with Gasteiger partial charge >= 0.3 is 6.18 Å². The van der Waals surface area contributed by atoms with Crippen LogP contribution in [0, 0.1) is 5.82 Å². The van der Waals surface area contributed by atoms with Crippen molar-refractivity contribution in [1.29, 1.82) is 0 Å². The summed E-state index contributed by atoms with van der Waals surface area (Å²) < 4.78 is 57.6. The lowest BCUT2D eigenvalue weighted by Crippen LogP contribution is -2.56. The van der Waals surface area contributed by atoms with Crippen LogP contribution in [-0.2, 0) is 11.2 Å². The van der Waals surface area contributed by atoms with Gasteiger partial charge in [0.05, 0.1) is 7.11 Å². The van der Waals surface area contributed by atoms with Crippen LogP contribution in [0.4, 0.5) is 17.6 Å². The number of carbonyl (C=O) groups excluding carboxylic acids is 1. The molecular formula is C16H20F4N2O2. The predicted octanol–water partition coefficient (Wildman–Crippen LogP) is 2.65. The summed E-state index contributed by atoms with van der Waals surface area (Å²) in [6.07, 6.45) is -4.41. The fourth-order valence-electron chi connectivity index (χ4n) is 2.88. The molecule has 1 aliphatic heterocycles. The van der Waals surface area contributed by atoms with Gasteiger partial charge in [0, 0.05) is 19.0 Å². The molecule has 4 nitrogen and oxygen atoms in total. The number of amides is 1. The van der Waals surface area contributed by atoms with Crippen molar-refractivity contribution in [3.63, 3.8) is 0 Å². The Balaban J connectivity index is 2.03. The monoisotopic (exact) mass is 348 g/mol. The van der Waals surface area contributed by atoms with Gasteiger partial charge in [-0.15, -0.1) is 0 Å². The zero-order chi connectivity index (χ0) is 17.9. The number of aryl methyl sites for hydroxylation is 1. The van der Waals surface area contributed by atoms with Gasteiger partial charge in [-0.2, -0.15) is 13.2 Å². The minimum absolute atomic E-state index is 0.0733. The number of nitrogens with two attached hydrogens (primary N) is 1. The summed E-state index contributed by atoms with van der Waals surface area (Å²) in [5.41, 5.74) is 6.22. The molecule has 1 aliphatic rings. The number of methoxy groups -OCH3 is 1. The average Bonchev–Trinajstić information content (AvgIpc) is 2.51. The normalized spacial score (nSPS) is 21.7. The molecule has 1 saturated heterocycles. The number of alkyl halides is 3. The number of hydrogen-bond acceptors (Lipinski definition) is 3. The molecule has 0 bridgehead atoms. The minimum atomic E-state index is -4.47. The van der Waals surface area contributed by atoms with Gasteiger partial charge in [0.25, 0.3) is 0 Å². The van der Waals surface area contributed by atoms with Gasteiger partial charge in [0.15, 0.2) is 11.6 Å². The third-order valence-electron chi connectivity index (χ3n) is 4.16. The third kappa shape index (κ3) is 4.37. The van der Waals surface area contributed by atoms with E-state index in [1.54, 1.807) is 6.07 Å². The molecule has 1 fully saturated rings. The molecule has 0 aromatic heterocycles. The second-order valence-electron chi connectivity index (χ2n) is 5.91. The zero-order valence-electron chi connectivity index (χ0n) is 13.3. The Labute approximate surface area is 137 Å². The molecule has 0 spiro atoms. The van der Waals surface area contributed by atoms with E-state index in [2.05, 4.69) is 0 Å². The maximum absolute atomic E-state index is 13.6. The third-order valence-corrected chi connectivity index (χ3v) is 4.16. The van der Waals surface area contributed by atoms with Crippen molar-refractivity contribution in [2.45, 2.75) is 43.9 Å². The number of rotatable bonds is 4. The summed E-state index contributed by atoms with van der Waals surface area (Å²) >= 11 is 0. The Hall–Kier alpha value is -1.83. The number of hydrogen-bond donors (Lipinski definition) is 1. The first-order chi connectivity index (χ1) is 11.2. The summed E-state index contributed by atoms with van der Waals surface area (Å²) in [5.74, 6) is -1.12. The van der Waals surface area contributed by atoms with Gasteiger partial charge in [-0.3, -0.25) is 4.79 Å².